The van der Waals surface area contributed by atoms with Gasteiger partial charge in [-0.1, -0.05) is 18.2 Å². The van der Waals surface area contributed by atoms with Gasteiger partial charge in [0.25, 0.3) is 0 Å². The standard InChI is InChI=1S/C17H19N3O/c1-20(11-14-5-3-4-13(8-14)10-18)12-15-6-7-16(19)9-17(15)21-2/h3-9H,11-12,19H2,1-2H3. The van der Waals surface area contributed by atoms with Gasteiger partial charge in [0.15, 0.2) is 0 Å². The number of nitrogens with two attached hydrogens (primary N) is 1. The van der Waals surface area contributed by atoms with Crippen LogP contribution < -0.4 is 10.5 Å². The maximum Gasteiger partial charge on any atom is 0.125 e. The van der Waals surface area contributed by atoms with Gasteiger partial charge in [-0.25, -0.2) is 0 Å². The Balaban J connectivity index is 2.08. The number of ether oxygens (including phenoxy) is 1. The van der Waals surface area contributed by atoms with E-state index in [2.05, 4.69) is 11.0 Å². The van der Waals surface area contributed by atoms with Crippen LogP contribution in [0.4, 0.5) is 5.69 Å². The summed E-state index contributed by atoms with van der Waals surface area (Å²) in [6.45, 7) is 1.52. The number of nitrogen functional groups attached to an aromatic ring is 1. The van der Waals surface area contributed by atoms with Crippen molar-refractivity contribution in [3.05, 3.63) is 59.2 Å². The van der Waals surface area contributed by atoms with Crippen LogP contribution >= 0.6 is 0 Å². The van der Waals surface area contributed by atoms with Crippen molar-refractivity contribution in [1.82, 2.24) is 4.90 Å². The van der Waals surface area contributed by atoms with Crippen LogP contribution in [-0.2, 0) is 13.1 Å². The fraction of sp³-hybridized carbons (Fsp3) is 0.235. The van der Waals surface area contributed by atoms with Crippen molar-refractivity contribution in [1.29, 1.82) is 5.26 Å². The molecule has 0 fully saturated rings. The van der Waals surface area contributed by atoms with Crippen molar-refractivity contribution in [2.24, 2.45) is 0 Å². The molecule has 0 bridgehead atoms. The monoisotopic (exact) mass is 281 g/mol. The first-order valence-corrected chi connectivity index (χ1v) is 6.72. The molecule has 2 rings (SSSR count). The lowest BCUT2D eigenvalue weighted by atomic mass is 10.1. The van der Waals surface area contributed by atoms with Gasteiger partial charge in [0, 0.05) is 30.4 Å². The van der Waals surface area contributed by atoms with Crippen LogP contribution in [0.5, 0.6) is 5.75 Å². The minimum Gasteiger partial charge on any atom is -0.496 e. The second kappa shape index (κ2) is 6.78. The van der Waals surface area contributed by atoms with Crippen LogP contribution in [0.3, 0.4) is 0 Å². The Labute approximate surface area is 125 Å². The Bertz CT molecular complexity index is 661. The molecule has 4 heteroatoms. The highest BCUT2D eigenvalue weighted by Crippen LogP contribution is 2.23. The van der Waals surface area contributed by atoms with E-state index in [1.54, 1.807) is 7.11 Å². The summed E-state index contributed by atoms with van der Waals surface area (Å²) < 4.78 is 5.36. The fourth-order valence-corrected chi connectivity index (χ4v) is 2.29. The molecule has 2 aromatic carbocycles. The Kier molecular flexibility index (Phi) is 4.81. The van der Waals surface area contributed by atoms with E-state index < -0.39 is 0 Å². The number of methoxy groups -OCH3 is 1. The van der Waals surface area contributed by atoms with Gasteiger partial charge >= 0.3 is 0 Å². The van der Waals surface area contributed by atoms with Crippen LogP contribution in [0.1, 0.15) is 16.7 Å². The van der Waals surface area contributed by atoms with E-state index in [-0.39, 0.29) is 0 Å². The highest BCUT2D eigenvalue weighted by molar-refractivity contribution is 5.48. The van der Waals surface area contributed by atoms with E-state index in [1.807, 2.05) is 49.5 Å². The SMILES string of the molecule is COc1cc(N)ccc1CN(C)Cc1cccc(C#N)c1. The molecular weight excluding hydrogens is 262 g/mol. The van der Waals surface area contributed by atoms with Crippen molar-refractivity contribution in [3.8, 4) is 11.8 Å². The van der Waals surface area contributed by atoms with E-state index in [9.17, 15) is 0 Å². The summed E-state index contributed by atoms with van der Waals surface area (Å²) in [5, 5.41) is 8.93. The van der Waals surface area contributed by atoms with Crippen LogP contribution in [0, 0.1) is 11.3 Å². The third-order valence-electron chi connectivity index (χ3n) is 3.26. The van der Waals surface area contributed by atoms with Gasteiger partial charge in [0.1, 0.15) is 5.75 Å². The van der Waals surface area contributed by atoms with E-state index in [0.717, 1.165) is 30.0 Å². The second-order valence-corrected chi connectivity index (χ2v) is 5.06. The lowest BCUT2D eigenvalue weighted by Crippen LogP contribution is -2.17. The third kappa shape index (κ3) is 3.98. The van der Waals surface area contributed by atoms with E-state index in [0.29, 0.717) is 11.3 Å². The largest absolute Gasteiger partial charge is 0.496 e. The molecule has 0 aliphatic rings. The minimum atomic E-state index is 0.686. The number of nitriles is 1. The van der Waals surface area contributed by atoms with Gasteiger partial charge in [-0.2, -0.15) is 5.26 Å². The van der Waals surface area contributed by atoms with E-state index >= 15 is 0 Å². The van der Waals surface area contributed by atoms with E-state index in [4.69, 9.17) is 15.7 Å². The van der Waals surface area contributed by atoms with Gasteiger partial charge < -0.3 is 10.5 Å². The number of nitrogens with zero attached hydrogens (tertiary/aromatic N) is 2. The summed E-state index contributed by atoms with van der Waals surface area (Å²) in [5.74, 6) is 0.799. The molecule has 0 spiro atoms. The molecule has 0 atom stereocenters. The molecule has 0 heterocycles. The first-order valence-electron chi connectivity index (χ1n) is 6.72. The molecule has 0 saturated heterocycles. The molecule has 2 N–H and O–H groups in total. The first kappa shape index (κ1) is 14.9. The molecule has 0 aliphatic carbocycles. The Hall–Kier alpha value is -2.51. The van der Waals surface area contributed by atoms with Crippen molar-refractivity contribution >= 4 is 5.69 Å². The van der Waals surface area contributed by atoms with Gasteiger partial charge in [-0.05, 0) is 30.8 Å². The highest BCUT2D eigenvalue weighted by atomic mass is 16.5. The molecule has 0 aliphatic heterocycles. The molecule has 108 valence electrons. The molecule has 0 radical (unpaired) electrons. The first-order chi connectivity index (χ1) is 10.1. The van der Waals surface area contributed by atoms with Crippen LogP contribution in [0.25, 0.3) is 0 Å². The number of hydrogen-bond acceptors (Lipinski definition) is 4. The van der Waals surface area contributed by atoms with Crippen LogP contribution in [-0.4, -0.2) is 19.1 Å². The van der Waals surface area contributed by atoms with E-state index in [1.165, 1.54) is 0 Å². The fourth-order valence-electron chi connectivity index (χ4n) is 2.29. The molecule has 0 amide bonds. The Morgan fingerprint density at radius 3 is 2.71 bits per heavy atom. The molecule has 2 aromatic rings. The van der Waals surface area contributed by atoms with Gasteiger partial charge in [0.05, 0.1) is 18.7 Å². The normalized spacial score (nSPS) is 10.4. The number of rotatable bonds is 5. The molecule has 0 unspecified atom stereocenters. The van der Waals surface area contributed by atoms with Crippen molar-refractivity contribution < 1.29 is 4.74 Å². The lowest BCUT2D eigenvalue weighted by molar-refractivity contribution is 0.310. The summed E-state index contributed by atoms with van der Waals surface area (Å²) >= 11 is 0. The number of anilines is 1. The van der Waals surface area contributed by atoms with Crippen molar-refractivity contribution in [2.75, 3.05) is 19.9 Å². The van der Waals surface area contributed by atoms with Gasteiger partial charge in [-0.15, -0.1) is 0 Å². The average Bonchev–Trinajstić information content (AvgIpc) is 2.49. The zero-order chi connectivity index (χ0) is 15.2. The third-order valence-corrected chi connectivity index (χ3v) is 3.26. The summed E-state index contributed by atoms with van der Waals surface area (Å²) in [6.07, 6.45) is 0. The predicted molar refractivity (Wildman–Crippen MR) is 83.7 cm³/mol. The number of hydrogen-bond donors (Lipinski definition) is 1. The predicted octanol–water partition coefficient (Wildman–Crippen LogP) is 2.78. The van der Waals surface area contributed by atoms with Crippen LogP contribution in [0.2, 0.25) is 0 Å². The zero-order valence-corrected chi connectivity index (χ0v) is 12.3. The maximum absolute atomic E-state index is 8.93. The zero-order valence-electron chi connectivity index (χ0n) is 12.3. The second-order valence-electron chi connectivity index (χ2n) is 5.06. The lowest BCUT2D eigenvalue weighted by Gasteiger charge is -2.19. The summed E-state index contributed by atoms with van der Waals surface area (Å²) in [6, 6.07) is 15.5. The molecule has 21 heavy (non-hydrogen) atoms. The maximum atomic E-state index is 8.93. The topological polar surface area (TPSA) is 62.3 Å². The quantitative estimate of drug-likeness (QED) is 0.856. The molecule has 0 aromatic heterocycles. The number of benzene rings is 2. The molecule has 0 saturated carbocycles. The molecular formula is C17H19N3O. The summed E-state index contributed by atoms with van der Waals surface area (Å²) in [7, 11) is 3.68. The van der Waals surface area contributed by atoms with Crippen molar-refractivity contribution in [3.63, 3.8) is 0 Å². The minimum absolute atomic E-state index is 0.686. The summed E-state index contributed by atoms with van der Waals surface area (Å²) in [4.78, 5) is 2.17. The molecule has 4 nitrogen and oxygen atoms in total. The Morgan fingerprint density at radius 1 is 1.19 bits per heavy atom. The van der Waals surface area contributed by atoms with Gasteiger partial charge in [-0.3, -0.25) is 4.90 Å². The Morgan fingerprint density at radius 2 is 2.00 bits per heavy atom. The van der Waals surface area contributed by atoms with Crippen molar-refractivity contribution in [2.45, 2.75) is 13.1 Å². The van der Waals surface area contributed by atoms with Crippen LogP contribution in [0.15, 0.2) is 42.5 Å². The average molecular weight is 281 g/mol. The summed E-state index contributed by atoms with van der Waals surface area (Å²) in [5.41, 5.74) is 9.35. The smallest absolute Gasteiger partial charge is 0.125 e. The van der Waals surface area contributed by atoms with Gasteiger partial charge in [0.2, 0.25) is 0 Å². The highest BCUT2D eigenvalue weighted by Gasteiger charge is 2.08.